The molecule has 1 heterocycles. The largest absolute Gasteiger partial charge is 0.330 e. The van der Waals surface area contributed by atoms with Crippen LogP contribution in [-0.2, 0) is 13.5 Å². The van der Waals surface area contributed by atoms with Crippen molar-refractivity contribution in [3.8, 4) is 11.3 Å². The summed E-state index contributed by atoms with van der Waals surface area (Å²) in [6.07, 6.45) is 2.71. The third-order valence-electron chi connectivity index (χ3n) is 2.55. The molecule has 0 spiro atoms. The van der Waals surface area contributed by atoms with E-state index in [2.05, 4.69) is 5.10 Å². The molecule has 3 nitrogen and oxygen atoms in total. The summed E-state index contributed by atoms with van der Waals surface area (Å²) < 4.78 is 1.87. The van der Waals surface area contributed by atoms with Gasteiger partial charge in [0.1, 0.15) is 0 Å². The summed E-state index contributed by atoms with van der Waals surface area (Å²) in [6.45, 7) is 0.631. The van der Waals surface area contributed by atoms with E-state index in [0.717, 1.165) is 22.7 Å². The van der Waals surface area contributed by atoms with Gasteiger partial charge in [0.2, 0.25) is 0 Å². The monoisotopic (exact) mass is 235 g/mol. The van der Waals surface area contributed by atoms with Gasteiger partial charge in [-0.3, -0.25) is 4.68 Å². The van der Waals surface area contributed by atoms with Gasteiger partial charge >= 0.3 is 0 Å². The lowest BCUT2D eigenvalue weighted by atomic mass is 10.1. The molecule has 16 heavy (non-hydrogen) atoms. The first-order valence-electron chi connectivity index (χ1n) is 5.19. The topological polar surface area (TPSA) is 43.8 Å². The molecule has 0 atom stereocenters. The molecule has 2 aromatic rings. The molecule has 0 aliphatic carbocycles. The molecule has 84 valence electrons. The average Bonchev–Trinajstić information content (AvgIpc) is 2.62. The Morgan fingerprint density at radius 1 is 1.31 bits per heavy atom. The van der Waals surface area contributed by atoms with Crippen LogP contribution < -0.4 is 5.73 Å². The Morgan fingerprint density at radius 3 is 2.62 bits per heavy atom. The Hall–Kier alpha value is -1.32. The van der Waals surface area contributed by atoms with E-state index in [4.69, 9.17) is 17.3 Å². The molecule has 0 unspecified atom stereocenters. The van der Waals surface area contributed by atoms with Crippen LogP contribution in [0.2, 0.25) is 5.02 Å². The summed E-state index contributed by atoms with van der Waals surface area (Å²) in [5, 5.41) is 5.00. The van der Waals surface area contributed by atoms with E-state index in [1.54, 1.807) is 0 Å². The number of nitrogens with two attached hydrogens (primary N) is 1. The summed E-state index contributed by atoms with van der Waals surface area (Å²) in [5.41, 5.74) is 8.99. The zero-order valence-electron chi connectivity index (χ0n) is 9.15. The average molecular weight is 236 g/mol. The molecule has 0 radical (unpaired) electrons. The van der Waals surface area contributed by atoms with Crippen molar-refractivity contribution in [2.75, 3.05) is 6.54 Å². The van der Waals surface area contributed by atoms with Crippen LogP contribution in [0.15, 0.2) is 30.5 Å². The van der Waals surface area contributed by atoms with Crippen LogP contribution in [0.25, 0.3) is 11.3 Å². The highest BCUT2D eigenvalue weighted by molar-refractivity contribution is 6.30. The minimum atomic E-state index is 0.631. The van der Waals surface area contributed by atoms with Gasteiger partial charge in [-0.05, 0) is 30.7 Å². The highest BCUT2D eigenvalue weighted by atomic mass is 35.5. The maximum atomic E-state index is 5.87. The zero-order valence-corrected chi connectivity index (χ0v) is 9.91. The maximum absolute atomic E-state index is 5.87. The molecule has 0 amide bonds. The predicted octanol–water partition coefficient (Wildman–Crippen LogP) is 2.24. The highest BCUT2D eigenvalue weighted by Gasteiger charge is 2.09. The summed E-state index contributed by atoms with van der Waals surface area (Å²) in [7, 11) is 1.93. The predicted molar refractivity (Wildman–Crippen MR) is 66.4 cm³/mol. The van der Waals surface area contributed by atoms with Crippen molar-refractivity contribution >= 4 is 11.6 Å². The van der Waals surface area contributed by atoms with Crippen LogP contribution in [0.5, 0.6) is 0 Å². The number of aromatic nitrogens is 2. The van der Waals surface area contributed by atoms with Crippen LogP contribution >= 0.6 is 11.6 Å². The molecule has 0 saturated heterocycles. The zero-order chi connectivity index (χ0) is 11.5. The van der Waals surface area contributed by atoms with Crippen molar-refractivity contribution in [3.63, 3.8) is 0 Å². The molecule has 2 N–H and O–H groups in total. The van der Waals surface area contributed by atoms with E-state index in [1.165, 1.54) is 5.56 Å². The maximum Gasteiger partial charge on any atom is 0.0711 e. The molecule has 0 fully saturated rings. The second-order valence-electron chi connectivity index (χ2n) is 3.69. The van der Waals surface area contributed by atoms with E-state index >= 15 is 0 Å². The van der Waals surface area contributed by atoms with Gasteiger partial charge in [0, 0.05) is 17.6 Å². The van der Waals surface area contributed by atoms with Gasteiger partial charge < -0.3 is 5.73 Å². The number of aryl methyl sites for hydroxylation is 1. The molecule has 1 aromatic heterocycles. The van der Waals surface area contributed by atoms with Crippen LogP contribution in [0.1, 0.15) is 5.56 Å². The number of rotatable bonds is 3. The highest BCUT2D eigenvalue weighted by Crippen LogP contribution is 2.24. The lowest BCUT2D eigenvalue weighted by Gasteiger charge is -2.05. The fourth-order valence-electron chi connectivity index (χ4n) is 1.80. The Kier molecular flexibility index (Phi) is 3.27. The molecule has 0 aliphatic rings. The number of hydrogen-bond donors (Lipinski definition) is 1. The Balaban J connectivity index is 2.45. The van der Waals surface area contributed by atoms with E-state index in [1.807, 2.05) is 42.2 Å². The van der Waals surface area contributed by atoms with Gasteiger partial charge in [-0.2, -0.15) is 5.10 Å². The van der Waals surface area contributed by atoms with Crippen molar-refractivity contribution in [1.82, 2.24) is 9.78 Å². The van der Waals surface area contributed by atoms with Crippen LogP contribution in [0.4, 0.5) is 0 Å². The van der Waals surface area contributed by atoms with Crippen LogP contribution in [-0.4, -0.2) is 16.3 Å². The van der Waals surface area contributed by atoms with Gasteiger partial charge in [0.25, 0.3) is 0 Å². The van der Waals surface area contributed by atoms with Crippen LogP contribution in [0.3, 0.4) is 0 Å². The van der Waals surface area contributed by atoms with Gasteiger partial charge in [0.05, 0.1) is 11.9 Å². The van der Waals surface area contributed by atoms with Gasteiger partial charge in [-0.1, -0.05) is 23.7 Å². The molecule has 0 saturated carbocycles. The lowest BCUT2D eigenvalue weighted by Crippen LogP contribution is -2.04. The molecule has 2 rings (SSSR count). The first kappa shape index (κ1) is 11.2. The van der Waals surface area contributed by atoms with Crippen molar-refractivity contribution in [1.29, 1.82) is 0 Å². The quantitative estimate of drug-likeness (QED) is 0.887. The van der Waals surface area contributed by atoms with E-state index in [-0.39, 0.29) is 0 Å². The third-order valence-corrected chi connectivity index (χ3v) is 2.80. The lowest BCUT2D eigenvalue weighted by molar-refractivity contribution is 0.775. The van der Waals surface area contributed by atoms with E-state index < -0.39 is 0 Å². The molecule has 0 aliphatic heterocycles. The first-order chi connectivity index (χ1) is 7.72. The second kappa shape index (κ2) is 4.68. The van der Waals surface area contributed by atoms with Crippen molar-refractivity contribution in [3.05, 3.63) is 41.0 Å². The third kappa shape index (κ3) is 2.10. The molecular weight excluding hydrogens is 222 g/mol. The number of nitrogens with zero attached hydrogens (tertiary/aromatic N) is 2. The summed E-state index contributed by atoms with van der Waals surface area (Å²) >= 11 is 5.87. The Labute approximate surface area is 99.8 Å². The van der Waals surface area contributed by atoms with Gasteiger partial charge in [0.15, 0.2) is 0 Å². The van der Waals surface area contributed by atoms with Crippen molar-refractivity contribution < 1.29 is 0 Å². The molecule has 4 heteroatoms. The number of benzene rings is 1. The minimum Gasteiger partial charge on any atom is -0.330 e. The molecule has 1 aromatic carbocycles. The first-order valence-corrected chi connectivity index (χ1v) is 5.57. The fraction of sp³-hybridized carbons (Fsp3) is 0.250. The number of halogens is 1. The summed E-state index contributed by atoms with van der Waals surface area (Å²) in [4.78, 5) is 0. The van der Waals surface area contributed by atoms with E-state index in [9.17, 15) is 0 Å². The molecular formula is C12H14ClN3. The molecule has 0 bridgehead atoms. The van der Waals surface area contributed by atoms with E-state index in [0.29, 0.717) is 6.54 Å². The Bertz CT molecular complexity index is 474. The number of hydrogen-bond acceptors (Lipinski definition) is 2. The SMILES string of the molecule is Cn1ncc(CCN)c1-c1ccc(Cl)cc1. The minimum absolute atomic E-state index is 0.631. The Morgan fingerprint density at radius 2 is 2.00 bits per heavy atom. The van der Waals surface area contributed by atoms with Gasteiger partial charge in [-0.15, -0.1) is 0 Å². The normalized spacial score (nSPS) is 10.7. The van der Waals surface area contributed by atoms with Crippen molar-refractivity contribution in [2.24, 2.45) is 12.8 Å². The van der Waals surface area contributed by atoms with Crippen LogP contribution in [0, 0.1) is 0 Å². The smallest absolute Gasteiger partial charge is 0.0711 e. The standard InChI is InChI=1S/C12H14ClN3/c1-16-12(10(6-7-14)8-15-16)9-2-4-11(13)5-3-9/h2-5,8H,6-7,14H2,1H3. The summed E-state index contributed by atoms with van der Waals surface area (Å²) in [5.74, 6) is 0. The van der Waals surface area contributed by atoms with Crippen molar-refractivity contribution in [2.45, 2.75) is 6.42 Å². The van der Waals surface area contributed by atoms with Gasteiger partial charge in [-0.25, -0.2) is 0 Å². The fourth-order valence-corrected chi connectivity index (χ4v) is 1.93. The second-order valence-corrected chi connectivity index (χ2v) is 4.12. The summed E-state index contributed by atoms with van der Waals surface area (Å²) in [6, 6.07) is 7.77.